The van der Waals surface area contributed by atoms with Gasteiger partial charge >= 0.3 is 0 Å². The van der Waals surface area contributed by atoms with Gasteiger partial charge in [0.15, 0.2) is 0 Å². The molecule has 3 nitrogen and oxygen atoms in total. The molecule has 0 atom stereocenters. The number of para-hydroxylation sites is 1. The molecule has 23 heavy (non-hydrogen) atoms. The first kappa shape index (κ1) is 17.1. The number of anilines is 2. The molecular weight excluding hydrogens is 284 g/mol. The Balaban J connectivity index is 2.41. The minimum atomic E-state index is -0.119. The second-order valence-corrected chi connectivity index (χ2v) is 6.65. The molecule has 0 aliphatic carbocycles. The van der Waals surface area contributed by atoms with Gasteiger partial charge in [0.05, 0.1) is 0 Å². The Morgan fingerprint density at radius 1 is 1.00 bits per heavy atom. The lowest BCUT2D eigenvalue weighted by Crippen LogP contribution is -2.16. The van der Waals surface area contributed by atoms with Crippen LogP contribution < -0.4 is 11.1 Å². The monoisotopic (exact) mass is 310 g/mol. The number of hydrogen-bond donors (Lipinski definition) is 2. The Bertz CT molecular complexity index is 691. The normalized spacial score (nSPS) is 11.1. The second-order valence-electron chi connectivity index (χ2n) is 6.65. The first-order valence-corrected chi connectivity index (χ1v) is 8.11. The summed E-state index contributed by atoms with van der Waals surface area (Å²) in [6.45, 7) is 10.5. The van der Waals surface area contributed by atoms with Crippen molar-refractivity contribution in [3.8, 4) is 0 Å². The number of nitrogen functional groups attached to an aromatic ring is 1. The summed E-state index contributed by atoms with van der Waals surface area (Å²) in [5.41, 5.74) is 11.4. The van der Waals surface area contributed by atoms with Gasteiger partial charge in [-0.1, -0.05) is 52.0 Å². The van der Waals surface area contributed by atoms with Crippen molar-refractivity contribution < 1.29 is 4.79 Å². The van der Waals surface area contributed by atoms with Crippen LogP contribution in [0.5, 0.6) is 0 Å². The molecule has 0 spiro atoms. The van der Waals surface area contributed by atoms with Crippen molar-refractivity contribution in [3.63, 3.8) is 0 Å². The Labute approximate surface area is 138 Å². The molecule has 122 valence electrons. The fraction of sp³-hybridized carbons (Fsp3) is 0.350. The van der Waals surface area contributed by atoms with Gasteiger partial charge in [-0.05, 0) is 47.6 Å². The molecule has 3 N–H and O–H groups in total. The number of nitrogens with two attached hydrogens (primary N) is 1. The fourth-order valence-electron chi connectivity index (χ4n) is 2.66. The van der Waals surface area contributed by atoms with E-state index < -0.39 is 0 Å². The van der Waals surface area contributed by atoms with Crippen LogP contribution in [0.25, 0.3) is 0 Å². The van der Waals surface area contributed by atoms with E-state index in [4.69, 9.17) is 5.73 Å². The van der Waals surface area contributed by atoms with E-state index in [2.05, 4.69) is 51.2 Å². The lowest BCUT2D eigenvalue weighted by molar-refractivity contribution is 0.102. The number of carbonyl (C=O) groups excluding carboxylic acids is 1. The highest BCUT2D eigenvalue weighted by molar-refractivity contribution is 6.05. The average molecular weight is 310 g/mol. The number of benzene rings is 2. The molecule has 2 rings (SSSR count). The van der Waals surface area contributed by atoms with Crippen LogP contribution in [0.15, 0.2) is 36.4 Å². The minimum absolute atomic E-state index is 0.119. The molecule has 0 bridgehead atoms. The lowest BCUT2D eigenvalue weighted by Gasteiger charge is -2.20. The van der Waals surface area contributed by atoms with Crippen molar-refractivity contribution in [3.05, 3.63) is 58.7 Å². The molecule has 3 heteroatoms. The smallest absolute Gasteiger partial charge is 0.255 e. The third-order valence-corrected chi connectivity index (χ3v) is 4.15. The summed E-state index contributed by atoms with van der Waals surface area (Å²) >= 11 is 0. The molecule has 0 aliphatic heterocycles. The topological polar surface area (TPSA) is 55.1 Å². The van der Waals surface area contributed by atoms with Gasteiger partial charge in [-0.3, -0.25) is 4.79 Å². The maximum absolute atomic E-state index is 12.7. The molecule has 0 saturated carbocycles. The molecule has 1 amide bonds. The summed E-state index contributed by atoms with van der Waals surface area (Å²) in [6, 6.07) is 11.6. The molecular formula is C20H26N2O. The SMILES string of the molecule is Cc1ccc(C(=O)Nc2c(C(C)C)cccc2C(C)C)cc1N. The van der Waals surface area contributed by atoms with Crippen LogP contribution in [0.4, 0.5) is 11.4 Å². The van der Waals surface area contributed by atoms with Crippen molar-refractivity contribution >= 4 is 17.3 Å². The van der Waals surface area contributed by atoms with E-state index in [-0.39, 0.29) is 5.91 Å². The molecule has 0 aliphatic rings. The van der Waals surface area contributed by atoms with E-state index in [1.165, 1.54) is 0 Å². The fourth-order valence-corrected chi connectivity index (χ4v) is 2.66. The van der Waals surface area contributed by atoms with Crippen LogP contribution in [0.3, 0.4) is 0 Å². The van der Waals surface area contributed by atoms with Gasteiger partial charge in [-0.15, -0.1) is 0 Å². The first-order valence-electron chi connectivity index (χ1n) is 8.11. The Morgan fingerprint density at radius 2 is 1.57 bits per heavy atom. The quantitative estimate of drug-likeness (QED) is 0.774. The van der Waals surface area contributed by atoms with E-state index >= 15 is 0 Å². The standard InChI is InChI=1S/C20H26N2O/c1-12(2)16-7-6-8-17(13(3)4)19(16)22-20(23)15-10-9-14(5)18(21)11-15/h6-13H,21H2,1-5H3,(H,22,23). The van der Waals surface area contributed by atoms with Gasteiger partial charge in [0, 0.05) is 16.9 Å². The van der Waals surface area contributed by atoms with Gasteiger partial charge in [0.25, 0.3) is 5.91 Å². The zero-order chi connectivity index (χ0) is 17.1. The number of nitrogens with one attached hydrogen (secondary N) is 1. The molecule has 2 aromatic rings. The maximum Gasteiger partial charge on any atom is 0.255 e. The summed E-state index contributed by atoms with van der Waals surface area (Å²) in [4.78, 5) is 12.7. The van der Waals surface area contributed by atoms with Crippen molar-refractivity contribution in [2.45, 2.75) is 46.5 Å². The Hall–Kier alpha value is -2.29. The number of rotatable bonds is 4. The van der Waals surface area contributed by atoms with Crippen LogP contribution in [0.2, 0.25) is 0 Å². The summed E-state index contributed by atoms with van der Waals surface area (Å²) < 4.78 is 0. The Kier molecular flexibility index (Phi) is 5.09. The lowest BCUT2D eigenvalue weighted by atomic mass is 9.92. The maximum atomic E-state index is 12.7. The van der Waals surface area contributed by atoms with E-state index in [9.17, 15) is 4.79 Å². The number of carbonyl (C=O) groups is 1. The molecule has 0 heterocycles. The zero-order valence-corrected chi connectivity index (χ0v) is 14.6. The van der Waals surface area contributed by atoms with Crippen molar-refractivity contribution in [2.75, 3.05) is 11.1 Å². The van der Waals surface area contributed by atoms with Crippen LogP contribution in [0, 0.1) is 6.92 Å². The molecule has 0 fully saturated rings. The second kappa shape index (κ2) is 6.86. The summed E-state index contributed by atoms with van der Waals surface area (Å²) in [7, 11) is 0. The van der Waals surface area contributed by atoms with E-state index in [1.54, 1.807) is 6.07 Å². The van der Waals surface area contributed by atoms with Gasteiger partial charge in [0.1, 0.15) is 0 Å². The third-order valence-electron chi connectivity index (χ3n) is 4.15. The third kappa shape index (κ3) is 3.73. The van der Waals surface area contributed by atoms with Crippen LogP contribution >= 0.6 is 0 Å². The predicted octanol–water partition coefficient (Wildman–Crippen LogP) is 5.08. The number of aryl methyl sites for hydroxylation is 1. The first-order chi connectivity index (χ1) is 10.8. The molecule has 0 saturated heterocycles. The average Bonchev–Trinajstić information content (AvgIpc) is 2.49. The van der Waals surface area contributed by atoms with Crippen molar-refractivity contribution in [1.29, 1.82) is 0 Å². The van der Waals surface area contributed by atoms with Crippen molar-refractivity contribution in [2.24, 2.45) is 0 Å². The van der Waals surface area contributed by atoms with Gasteiger partial charge in [0.2, 0.25) is 0 Å². The molecule has 0 unspecified atom stereocenters. The molecule has 0 aromatic heterocycles. The van der Waals surface area contributed by atoms with Crippen molar-refractivity contribution in [1.82, 2.24) is 0 Å². The van der Waals surface area contributed by atoms with E-state index in [1.807, 2.05) is 19.1 Å². The molecule has 0 radical (unpaired) electrons. The van der Waals surface area contributed by atoms with Gasteiger partial charge in [-0.2, -0.15) is 0 Å². The van der Waals surface area contributed by atoms with Crippen LogP contribution in [-0.2, 0) is 0 Å². The largest absolute Gasteiger partial charge is 0.398 e. The van der Waals surface area contributed by atoms with E-state index in [0.29, 0.717) is 23.1 Å². The minimum Gasteiger partial charge on any atom is -0.398 e. The Morgan fingerprint density at radius 3 is 2.04 bits per heavy atom. The summed E-state index contributed by atoms with van der Waals surface area (Å²) in [5, 5.41) is 3.11. The highest BCUT2D eigenvalue weighted by atomic mass is 16.1. The highest BCUT2D eigenvalue weighted by Gasteiger charge is 2.17. The number of amides is 1. The van der Waals surface area contributed by atoms with Gasteiger partial charge in [-0.25, -0.2) is 0 Å². The zero-order valence-electron chi connectivity index (χ0n) is 14.6. The summed E-state index contributed by atoms with van der Waals surface area (Å²) in [6.07, 6.45) is 0. The van der Waals surface area contributed by atoms with Crippen LogP contribution in [-0.4, -0.2) is 5.91 Å². The van der Waals surface area contributed by atoms with Gasteiger partial charge < -0.3 is 11.1 Å². The van der Waals surface area contributed by atoms with Crippen LogP contribution in [0.1, 0.15) is 66.6 Å². The molecule has 2 aromatic carbocycles. The summed E-state index contributed by atoms with van der Waals surface area (Å²) in [5.74, 6) is 0.561. The predicted molar refractivity (Wildman–Crippen MR) is 98.2 cm³/mol. The number of hydrogen-bond acceptors (Lipinski definition) is 2. The highest BCUT2D eigenvalue weighted by Crippen LogP contribution is 2.32. The van der Waals surface area contributed by atoms with E-state index in [0.717, 1.165) is 22.4 Å².